The van der Waals surface area contributed by atoms with Crippen molar-refractivity contribution in [3.05, 3.63) is 50.1 Å². The maximum atomic E-state index is 11.7. The van der Waals surface area contributed by atoms with Crippen LogP contribution in [0, 0.1) is 10.1 Å². The second-order valence-corrected chi connectivity index (χ2v) is 4.79. The molecule has 1 heterocycles. The zero-order valence-corrected chi connectivity index (χ0v) is 12.1. The number of non-ortho nitro benzene ring substituents is 1. The molecule has 7 nitrogen and oxygen atoms in total. The van der Waals surface area contributed by atoms with Gasteiger partial charge < -0.3 is 9.73 Å². The number of urea groups is 1. The van der Waals surface area contributed by atoms with E-state index in [1.54, 1.807) is 12.1 Å². The van der Waals surface area contributed by atoms with Crippen molar-refractivity contribution in [1.29, 1.82) is 0 Å². The summed E-state index contributed by atoms with van der Waals surface area (Å²) >= 11 is 8.95. The van der Waals surface area contributed by atoms with Crippen molar-refractivity contribution in [2.75, 3.05) is 10.6 Å². The zero-order chi connectivity index (χ0) is 14.7. The van der Waals surface area contributed by atoms with Gasteiger partial charge in [0.15, 0.2) is 4.67 Å². The van der Waals surface area contributed by atoms with Crippen molar-refractivity contribution in [1.82, 2.24) is 0 Å². The number of carbonyl (C=O) groups excluding carboxylic acids is 1. The third-order valence-electron chi connectivity index (χ3n) is 2.22. The normalized spacial score (nSPS) is 10.1. The summed E-state index contributed by atoms with van der Waals surface area (Å²) in [5.41, 5.74) is -0.0468. The summed E-state index contributed by atoms with van der Waals surface area (Å²) in [5.74, 6) is 0.218. The highest BCUT2D eigenvalue weighted by Crippen LogP contribution is 2.27. The number of benzene rings is 1. The van der Waals surface area contributed by atoms with Crippen LogP contribution in [-0.2, 0) is 0 Å². The molecular formula is C11H7BrClN3O4. The Morgan fingerprint density at radius 1 is 1.30 bits per heavy atom. The van der Waals surface area contributed by atoms with Crippen LogP contribution in [0.1, 0.15) is 0 Å². The van der Waals surface area contributed by atoms with E-state index < -0.39 is 11.0 Å². The fourth-order valence-electron chi connectivity index (χ4n) is 1.37. The first-order valence-corrected chi connectivity index (χ1v) is 6.40. The molecule has 2 aromatic rings. The number of nitrogens with zero attached hydrogens (tertiary/aromatic N) is 1. The van der Waals surface area contributed by atoms with Crippen LogP contribution in [0.5, 0.6) is 0 Å². The number of furan rings is 1. The summed E-state index contributed by atoms with van der Waals surface area (Å²) in [6.45, 7) is 0. The predicted molar refractivity (Wildman–Crippen MR) is 77.2 cm³/mol. The number of nitro groups is 1. The number of nitrogens with one attached hydrogen (secondary N) is 2. The summed E-state index contributed by atoms with van der Waals surface area (Å²) in [5, 5.41) is 15.7. The second kappa shape index (κ2) is 5.93. The van der Waals surface area contributed by atoms with Crippen molar-refractivity contribution in [2.24, 2.45) is 0 Å². The molecule has 2 rings (SSSR count). The fraction of sp³-hybridized carbons (Fsp3) is 0. The van der Waals surface area contributed by atoms with Gasteiger partial charge in [0.05, 0.1) is 15.6 Å². The minimum atomic E-state index is -0.630. The van der Waals surface area contributed by atoms with Gasteiger partial charge in [-0.3, -0.25) is 15.4 Å². The van der Waals surface area contributed by atoms with E-state index in [9.17, 15) is 14.9 Å². The van der Waals surface area contributed by atoms with E-state index in [0.717, 1.165) is 0 Å². The quantitative estimate of drug-likeness (QED) is 0.631. The van der Waals surface area contributed by atoms with Gasteiger partial charge in [0, 0.05) is 18.2 Å². The van der Waals surface area contributed by atoms with Crippen LogP contribution in [0.25, 0.3) is 0 Å². The zero-order valence-electron chi connectivity index (χ0n) is 9.72. The molecule has 0 aliphatic carbocycles. The van der Waals surface area contributed by atoms with Gasteiger partial charge in [-0.25, -0.2) is 4.79 Å². The van der Waals surface area contributed by atoms with Crippen LogP contribution in [0.2, 0.25) is 5.02 Å². The molecule has 0 radical (unpaired) electrons. The van der Waals surface area contributed by atoms with Gasteiger partial charge in [-0.05, 0) is 28.1 Å². The van der Waals surface area contributed by atoms with Crippen LogP contribution in [-0.4, -0.2) is 11.0 Å². The van der Waals surface area contributed by atoms with Crippen molar-refractivity contribution in [2.45, 2.75) is 0 Å². The standard InChI is InChI=1S/C11H7BrClN3O4/c12-9-3-4-10(20-9)15-11(17)14-8-5-6(16(18)19)1-2-7(8)13/h1-5H,(H2,14,15,17). The summed E-state index contributed by atoms with van der Waals surface area (Å²) in [6, 6.07) is 6.26. The van der Waals surface area contributed by atoms with E-state index >= 15 is 0 Å². The fourth-order valence-corrected chi connectivity index (χ4v) is 1.84. The van der Waals surface area contributed by atoms with Gasteiger partial charge in [0.2, 0.25) is 5.88 Å². The molecule has 0 unspecified atom stereocenters. The molecule has 9 heteroatoms. The van der Waals surface area contributed by atoms with E-state index in [2.05, 4.69) is 26.6 Å². The van der Waals surface area contributed by atoms with Crippen LogP contribution >= 0.6 is 27.5 Å². The topological polar surface area (TPSA) is 97.4 Å². The maximum absolute atomic E-state index is 11.7. The number of amides is 2. The maximum Gasteiger partial charge on any atom is 0.326 e. The molecule has 2 amide bonds. The SMILES string of the molecule is O=C(Nc1ccc(Br)o1)Nc1cc([N+](=O)[O-])ccc1Cl. The first-order valence-electron chi connectivity index (χ1n) is 5.23. The Hall–Kier alpha value is -2.06. The van der Waals surface area contributed by atoms with E-state index in [0.29, 0.717) is 4.67 Å². The number of rotatable bonds is 3. The first-order chi connectivity index (χ1) is 9.45. The third-order valence-corrected chi connectivity index (χ3v) is 2.97. The van der Waals surface area contributed by atoms with Gasteiger partial charge in [0.1, 0.15) is 0 Å². The van der Waals surface area contributed by atoms with Crippen molar-refractivity contribution < 1.29 is 14.1 Å². The number of carbonyl (C=O) groups is 1. The Kier molecular flexibility index (Phi) is 4.26. The summed E-state index contributed by atoms with van der Waals surface area (Å²) < 4.78 is 5.55. The van der Waals surface area contributed by atoms with Crippen LogP contribution < -0.4 is 10.6 Å². The average molecular weight is 361 g/mol. The molecular weight excluding hydrogens is 353 g/mol. The minimum Gasteiger partial charge on any atom is -0.434 e. The molecule has 2 N–H and O–H groups in total. The molecule has 0 fully saturated rings. The van der Waals surface area contributed by atoms with Crippen molar-refractivity contribution in [3.63, 3.8) is 0 Å². The van der Waals surface area contributed by atoms with Crippen molar-refractivity contribution >= 4 is 50.8 Å². The lowest BCUT2D eigenvalue weighted by Gasteiger charge is -2.07. The minimum absolute atomic E-state index is 0.129. The lowest BCUT2D eigenvalue weighted by atomic mass is 10.3. The van der Waals surface area contributed by atoms with E-state index in [-0.39, 0.29) is 22.3 Å². The highest BCUT2D eigenvalue weighted by atomic mass is 79.9. The summed E-state index contributed by atoms with van der Waals surface area (Å²) in [6.07, 6.45) is 0. The molecule has 0 spiro atoms. The largest absolute Gasteiger partial charge is 0.434 e. The smallest absolute Gasteiger partial charge is 0.326 e. The van der Waals surface area contributed by atoms with E-state index in [1.807, 2.05) is 0 Å². The molecule has 1 aromatic carbocycles. The molecule has 0 aliphatic rings. The molecule has 0 saturated carbocycles. The number of hydrogen-bond donors (Lipinski definition) is 2. The Balaban J connectivity index is 2.11. The first kappa shape index (κ1) is 14.4. The lowest BCUT2D eigenvalue weighted by Crippen LogP contribution is -2.19. The van der Waals surface area contributed by atoms with Gasteiger partial charge in [-0.1, -0.05) is 11.6 Å². The number of anilines is 2. The molecule has 104 valence electrons. The monoisotopic (exact) mass is 359 g/mol. The van der Waals surface area contributed by atoms with E-state index in [1.165, 1.54) is 18.2 Å². The number of halogens is 2. The Labute approximate surface area is 126 Å². The Morgan fingerprint density at radius 3 is 2.65 bits per heavy atom. The summed E-state index contributed by atoms with van der Waals surface area (Å²) in [7, 11) is 0. The van der Waals surface area contributed by atoms with Crippen molar-refractivity contribution in [3.8, 4) is 0 Å². The third kappa shape index (κ3) is 3.49. The number of nitro benzene ring substituents is 1. The Bertz CT molecular complexity index is 673. The molecule has 0 bridgehead atoms. The highest BCUT2D eigenvalue weighted by molar-refractivity contribution is 9.10. The Morgan fingerprint density at radius 2 is 2.05 bits per heavy atom. The molecule has 20 heavy (non-hydrogen) atoms. The summed E-state index contributed by atoms with van der Waals surface area (Å²) in [4.78, 5) is 21.8. The van der Waals surface area contributed by atoms with Gasteiger partial charge >= 0.3 is 6.03 Å². The van der Waals surface area contributed by atoms with Crippen LogP contribution in [0.4, 0.5) is 22.1 Å². The highest BCUT2D eigenvalue weighted by Gasteiger charge is 2.12. The number of hydrogen-bond acceptors (Lipinski definition) is 4. The molecule has 0 saturated heterocycles. The average Bonchev–Trinajstić information content (AvgIpc) is 2.77. The molecule has 0 atom stereocenters. The predicted octanol–water partition coefficient (Wildman–Crippen LogP) is 4.25. The molecule has 0 aliphatic heterocycles. The van der Waals surface area contributed by atoms with E-state index in [4.69, 9.17) is 16.0 Å². The lowest BCUT2D eigenvalue weighted by molar-refractivity contribution is -0.384. The van der Waals surface area contributed by atoms with Gasteiger partial charge in [-0.2, -0.15) is 0 Å². The van der Waals surface area contributed by atoms with Gasteiger partial charge in [0.25, 0.3) is 5.69 Å². The second-order valence-electron chi connectivity index (χ2n) is 3.60. The molecule has 1 aromatic heterocycles. The van der Waals surface area contributed by atoms with Crippen LogP contribution in [0.3, 0.4) is 0 Å². The van der Waals surface area contributed by atoms with Crippen LogP contribution in [0.15, 0.2) is 39.4 Å². The van der Waals surface area contributed by atoms with Gasteiger partial charge in [-0.15, -0.1) is 0 Å².